The maximum absolute atomic E-state index is 14.4. The van der Waals surface area contributed by atoms with Gasteiger partial charge in [0, 0.05) is 37.8 Å². The van der Waals surface area contributed by atoms with Crippen molar-refractivity contribution < 1.29 is 28.7 Å². The summed E-state index contributed by atoms with van der Waals surface area (Å²) >= 11 is 12.4. The summed E-state index contributed by atoms with van der Waals surface area (Å²) < 4.78 is 17.9. The van der Waals surface area contributed by atoms with Crippen LogP contribution >= 0.6 is 23.2 Å². The van der Waals surface area contributed by atoms with E-state index in [2.05, 4.69) is 27.6 Å². The number of hydrogen-bond donors (Lipinski definition) is 3. The molecule has 3 N–H and O–H groups in total. The molecule has 3 amide bonds. The van der Waals surface area contributed by atoms with Gasteiger partial charge in [0.05, 0.1) is 40.5 Å². The molecule has 11 nitrogen and oxygen atoms in total. The Labute approximate surface area is 292 Å². The number of nitrogens with one attached hydrogen (secondary N) is 2. The van der Waals surface area contributed by atoms with Gasteiger partial charge in [0.1, 0.15) is 17.1 Å². The number of rotatable bonds is 8. The van der Waals surface area contributed by atoms with Crippen molar-refractivity contribution in [1.29, 1.82) is 0 Å². The van der Waals surface area contributed by atoms with Crippen LogP contribution in [0.25, 0.3) is 0 Å². The number of fused-ring (bicyclic) bond motifs is 1. The molecule has 0 spiro atoms. The van der Waals surface area contributed by atoms with Crippen molar-refractivity contribution in [3.63, 3.8) is 0 Å². The smallest absolute Gasteiger partial charge is 0.323 e. The van der Waals surface area contributed by atoms with E-state index >= 15 is 0 Å². The molecule has 1 aliphatic heterocycles. The van der Waals surface area contributed by atoms with Crippen molar-refractivity contribution in [2.75, 3.05) is 44.0 Å². The summed E-state index contributed by atoms with van der Waals surface area (Å²) in [6.07, 6.45) is 2.15. The van der Waals surface area contributed by atoms with Crippen LogP contribution < -0.4 is 15.4 Å². The first-order chi connectivity index (χ1) is 22.9. The summed E-state index contributed by atoms with van der Waals surface area (Å²) in [7, 11) is 2.02. The number of hydrogen-bond acceptors (Lipinski definition) is 8. The number of benzene rings is 2. The molecule has 4 rings (SSSR count). The minimum Gasteiger partial charge on any atom is -0.490 e. The summed E-state index contributed by atoms with van der Waals surface area (Å²) in [6, 6.07) is 9.63. The molecule has 0 bridgehead atoms. The minimum absolute atomic E-state index is 0.0902. The lowest BCUT2D eigenvalue weighted by Crippen LogP contribution is -2.47. The third-order valence-electron chi connectivity index (χ3n) is 8.51. The van der Waals surface area contributed by atoms with E-state index in [1.54, 1.807) is 43.0 Å². The normalized spacial score (nSPS) is 20.1. The Morgan fingerprint density at radius 2 is 1.90 bits per heavy atom. The van der Waals surface area contributed by atoms with Crippen LogP contribution in [0.4, 0.5) is 16.2 Å². The predicted molar refractivity (Wildman–Crippen MR) is 188 cm³/mol. The molecule has 1 aliphatic rings. The molecule has 0 radical (unpaired) electrons. The van der Waals surface area contributed by atoms with Gasteiger partial charge in [-0.2, -0.15) is 0 Å². The monoisotopic (exact) mass is 703 g/mol. The van der Waals surface area contributed by atoms with Gasteiger partial charge in [0.15, 0.2) is 5.76 Å². The number of aliphatic hydroxyl groups is 1. The van der Waals surface area contributed by atoms with Crippen molar-refractivity contribution in [2.45, 2.75) is 78.7 Å². The molecular formula is C35H47Cl2N5O6. The molecule has 0 saturated heterocycles. The minimum atomic E-state index is -0.508. The van der Waals surface area contributed by atoms with E-state index in [4.69, 9.17) is 37.2 Å². The van der Waals surface area contributed by atoms with Gasteiger partial charge in [-0.15, -0.1) is 0 Å². The number of halogens is 2. The quantitative estimate of drug-likeness (QED) is 0.225. The zero-order valence-corrected chi connectivity index (χ0v) is 30.0. The fourth-order valence-electron chi connectivity index (χ4n) is 5.72. The van der Waals surface area contributed by atoms with Crippen LogP contribution in [0, 0.1) is 19.8 Å². The summed E-state index contributed by atoms with van der Waals surface area (Å²) in [6.45, 7) is 11.2. The second-order valence-electron chi connectivity index (χ2n) is 12.7. The predicted octanol–water partition coefficient (Wildman–Crippen LogP) is 7.17. The second-order valence-corrected chi connectivity index (χ2v) is 13.5. The average molecular weight is 705 g/mol. The van der Waals surface area contributed by atoms with E-state index < -0.39 is 12.1 Å². The van der Waals surface area contributed by atoms with Crippen molar-refractivity contribution in [2.24, 2.45) is 5.92 Å². The van der Waals surface area contributed by atoms with E-state index in [-0.39, 0.29) is 36.2 Å². The third-order valence-corrected chi connectivity index (χ3v) is 9.25. The second kappa shape index (κ2) is 17.3. The molecule has 13 heteroatoms. The zero-order chi connectivity index (χ0) is 35.0. The molecular weight excluding hydrogens is 657 g/mol. The number of urea groups is 1. The van der Waals surface area contributed by atoms with Crippen LogP contribution in [0.3, 0.4) is 0 Å². The summed E-state index contributed by atoms with van der Waals surface area (Å²) in [5, 5.41) is 20.7. The number of carbonyl (C=O) groups is 2. The molecule has 2 heterocycles. The van der Waals surface area contributed by atoms with Crippen LogP contribution in [0.5, 0.6) is 5.75 Å². The highest BCUT2D eigenvalue weighted by Crippen LogP contribution is 2.29. The van der Waals surface area contributed by atoms with E-state index in [1.165, 1.54) is 0 Å². The largest absolute Gasteiger partial charge is 0.490 e. The Morgan fingerprint density at radius 3 is 2.58 bits per heavy atom. The zero-order valence-electron chi connectivity index (χ0n) is 28.5. The van der Waals surface area contributed by atoms with Crippen molar-refractivity contribution >= 4 is 46.5 Å². The van der Waals surface area contributed by atoms with Crippen LogP contribution in [-0.4, -0.2) is 83.6 Å². The fraction of sp³-hybridized carbons (Fsp3) is 0.514. The molecule has 0 aliphatic carbocycles. The fourth-order valence-corrected chi connectivity index (χ4v) is 6.04. The highest BCUT2D eigenvalue weighted by Gasteiger charge is 2.30. The van der Waals surface area contributed by atoms with Gasteiger partial charge < -0.3 is 34.6 Å². The molecule has 48 heavy (non-hydrogen) atoms. The number of nitrogens with zero attached hydrogens (tertiary/aromatic N) is 3. The van der Waals surface area contributed by atoms with E-state index in [1.807, 2.05) is 33.0 Å². The molecule has 262 valence electrons. The van der Waals surface area contributed by atoms with Gasteiger partial charge in [-0.25, -0.2) is 4.79 Å². The first kappa shape index (κ1) is 37.5. The molecule has 2 aromatic carbocycles. The van der Waals surface area contributed by atoms with Gasteiger partial charge >= 0.3 is 6.03 Å². The summed E-state index contributed by atoms with van der Waals surface area (Å²) in [5.41, 5.74) is 2.75. The number of anilines is 2. The summed E-state index contributed by atoms with van der Waals surface area (Å²) in [4.78, 5) is 31.1. The molecule has 0 saturated carbocycles. The molecule has 0 unspecified atom stereocenters. The van der Waals surface area contributed by atoms with Crippen molar-refractivity contribution in [1.82, 2.24) is 15.0 Å². The standard InChI is InChI=1S/C35H47Cl2N5O6/c1-21-17-42(22(2)20-43)34(44)28-16-27(38-35(45)39-33-24(4)40-48-25(33)5)11-13-31(28)47-23(3)9-7-8-14-46-32(21)19-41(6)18-26-10-12-29(36)30(37)15-26/h10-13,15-16,21-23,32,43H,7-9,14,17-20H2,1-6H3,(H2,38,39,45)/t21-,22+,23-,32-/m0/s1. The lowest BCUT2D eigenvalue weighted by Gasteiger charge is -2.36. The highest BCUT2D eigenvalue weighted by molar-refractivity contribution is 6.42. The van der Waals surface area contributed by atoms with Gasteiger partial charge in [0.25, 0.3) is 5.91 Å². The summed E-state index contributed by atoms with van der Waals surface area (Å²) in [5.74, 6) is 0.487. The Balaban J connectivity index is 1.59. The lowest BCUT2D eigenvalue weighted by atomic mass is 10.0. The van der Waals surface area contributed by atoms with Crippen molar-refractivity contribution in [3.05, 3.63) is 69.0 Å². The number of aromatic nitrogens is 1. The first-order valence-electron chi connectivity index (χ1n) is 16.3. The molecule has 0 fully saturated rings. The number of aryl methyl sites for hydroxylation is 2. The lowest BCUT2D eigenvalue weighted by molar-refractivity contribution is -0.0177. The Morgan fingerprint density at radius 1 is 1.12 bits per heavy atom. The van der Waals surface area contributed by atoms with E-state index in [9.17, 15) is 14.7 Å². The number of aliphatic hydroxyl groups excluding tert-OH is 1. The highest BCUT2D eigenvalue weighted by atomic mass is 35.5. The molecule has 1 aromatic heterocycles. The number of amides is 3. The average Bonchev–Trinajstić information content (AvgIpc) is 3.36. The van der Waals surface area contributed by atoms with Gasteiger partial charge in [-0.1, -0.05) is 41.3 Å². The van der Waals surface area contributed by atoms with Crippen LogP contribution in [0.2, 0.25) is 10.0 Å². The van der Waals surface area contributed by atoms with Crippen molar-refractivity contribution in [3.8, 4) is 5.75 Å². The van der Waals surface area contributed by atoms with Gasteiger partial charge in [-0.05, 0) is 89.9 Å². The maximum Gasteiger partial charge on any atom is 0.323 e. The first-order valence-corrected chi connectivity index (χ1v) is 17.1. The van der Waals surface area contributed by atoms with Gasteiger partial charge in [0.2, 0.25) is 0 Å². The Bertz CT molecular complexity index is 1530. The van der Waals surface area contributed by atoms with Crippen LogP contribution in [0.15, 0.2) is 40.9 Å². The van der Waals surface area contributed by atoms with Crippen LogP contribution in [-0.2, 0) is 11.3 Å². The Kier molecular flexibility index (Phi) is 13.5. The topological polar surface area (TPSA) is 129 Å². The van der Waals surface area contributed by atoms with E-state index in [0.717, 1.165) is 24.8 Å². The number of ether oxygens (including phenoxy) is 2. The van der Waals surface area contributed by atoms with E-state index in [0.29, 0.717) is 64.9 Å². The SMILES string of the molecule is Cc1noc(C)c1NC(=O)Nc1ccc2c(c1)C(=O)N([C@H](C)CO)C[C@H](C)[C@H](CN(C)Cc1ccc(Cl)c(Cl)c1)OCCCC[C@H](C)O2. The maximum atomic E-state index is 14.4. The number of carbonyl (C=O) groups excluding carboxylic acids is 2. The number of likely N-dealkylation sites (N-methyl/N-ethyl adjacent to an activating group) is 1. The van der Waals surface area contributed by atoms with Gasteiger partial charge in [-0.3, -0.25) is 9.69 Å². The Hall–Kier alpha value is -3.35. The van der Waals surface area contributed by atoms with Crippen LogP contribution in [0.1, 0.15) is 67.4 Å². The third kappa shape index (κ3) is 10.1. The molecule has 4 atom stereocenters. The molecule has 3 aromatic rings.